The summed E-state index contributed by atoms with van der Waals surface area (Å²) in [7, 11) is 0. The van der Waals surface area contributed by atoms with Crippen LogP contribution < -0.4 is 10.2 Å². The Morgan fingerprint density at radius 3 is 1.64 bits per heavy atom. The van der Waals surface area contributed by atoms with E-state index in [4.69, 9.17) is 15.3 Å². The van der Waals surface area contributed by atoms with Crippen molar-refractivity contribution in [3.8, 4) is 0 Å². The fraction of sp³-hybridized carbons (Fsp3) is 0.400. The van der Waals surface area contributed by atoms with Gasteiger partial charge in [0.1, 0.15) is 0 Å². The van der Waals surface area contributed by atoms with Gasteiger partial charge in [0.05, 0.1) is 19.8 Å². The molecule has 0 saturated heterocycles. The lowest BCUT2D eigenvalue weighted by Gasteiger charge is -2.22. The number of aryl methyl sites for hydroxylation is 2. The first-order valence-electron chi connectivity index (χ1n) is 8.55. The second-order valence-electron chi connectivity index (χ2n) is 5.79. The number of anilines is 2. The Morgan fingerprint density at radius 2 is 1.20 bits per heavy atom. The highest BCUT2D eigenvalue weighted by atomic mass is 16.3. The summed E-state index contributed by atoms with van der Waals surface area (Å²) in [5.74, 6) is 0. The van der Waals surface area contributed by atoms with Gasteiger partial charge in [0.2, 0.25) is 0 Å². The summed E-state index contributed by atoms with van der Waals surface area (Å²) in [6, 6.07) is 16.1. The van der Waals surface area contributed by atoms with E-state index < -0.39 is 0 Å². The fourth-order valence-corrected chi connectivity index (χ4v) is 2.24. The van der Waals surface area contributed by atoms with Gasteiger partial charge in [-0.05, 0) is 38.1 Å². The van der Waals surface area contributed by atoms with Crippen molar-refractivity contribution in [3.05, 3.63) is 59.7 Å². The van der Waals surface area contributed by atoms with Gasteiger partial charge in [0, 0.05) is 31.0 Å². The van der Waals surface area contributed by atoms with Crippen LogP contribution in [-0.4, -0.2) is 54.8 Å². The van der Waals surface area contributed by atoms with Gasteiger partial charge < -0.3 is 25.5 Å². The molecule has 0 bridgehead atoms. The summed E-state index contributed by atoms with van der Waals surface area (Å²) in [4.78, 5) is 1.96. The maximum atomic E-state index is 8.86. The molecule has 0 spiro atoms. The summed E-state index contributed by atoms with van der Waals surface area (Å²) < 4.78 is 0. The van der Waals surface area contributed by atoms with Crippen LogP contribution in [0.25, 0.3) is 0 Å². The van der Waals surface area contributed by atoms with Gasteiger partial charge in [-0.25, -0.2) is 0 Å². The number of aliphatic hydroxyl groups excluding tert-OH is 3. The zero-order valence-corrected chi connectivity index (χ0v) is 15.2. The van der Waals surface area contributed by atoms with Gasteiger partial charge in [-0.2, -0.15) is 0 Å². The molecule has 0 heterocycles. The molecule has 2 aromatic carbocycles. The van der Waals surface area contributed by atoms with Crippen molar-refractivity contribution in [2.45, 2.75) is 13.8 Å². The Balaban J connectivity index is 0.000000257. The van der Waals surface area contributed by atoms with Gasteiger partial charge in [-0.15, -0.1) is 0 Å². The van der Waals surface area contributed by atoms with E-state index in [0.29, 0.717) is 19.6 Å². The minimum Gasteiger partial charge on any atom is -0.395 e. The van der Waals surface area contributed by atoms with Gasteiger partial charge in [0.25, 0.3) is 0 Å². The number of rotatable bonds is 8. The Hall–Kier alpha value is -2.08. The molecule has 2 rings (SSSR count). The molecular weight excluding hydrogens is 316 g/mol. The van der Waals surface area contributed by atoms with Crippen molar-refractivity contribution in [2.75, 3.05) is 49.7 Å². The monoisotopic (exact) mass is 346 g/mol. The van der Waals surface area contributed by atoms with Gasteiger partial charge in [-0.1, -0.05) is 35.4 Å². The summed E-state index contributed by atoms with van der Waals surface area (Å²) in [5.41, 5.74) is 4.56. The van der Waals surface area contributed by atoms with E-state index in [2.05, 4.69) is 12.2 Å². The molecule has 0 radical (unpaired) electrons. The molecule has 5 heteroatoms. The van der Waals surface area contributed by atoms with Gasteiger partial charge in [0.15, 0.2) is 0 Å². The molecule has 0 amide bonds. The number of hydrogen-bond donors (Lipinski definition) is 4. The Morgan fingerprint density at radius 1 is 0.720 bits per heavy atom. The lowest BCUT2D eigenvalue weighted by molar-refractivity contribution is 0.281. The van der Waals surface area contributed by atoms with E-state index >= 15 is 0 Å². The van der Waals surface area contributed by atoms with E-state index in [1.165, 1.54) is 11.1 Å². The van der Waals surface area contributed by atoms with Crippen LogP contribution in [0.3, 0.4) is 0 Å². The normalized spacial score (nSPS) is 9.96. The predicted molar refractivity (Wildman–Crippen MR) is 104 cm³/mol. The second-order valence-corrected chi connectivity index (χ2v) is 5.79. The molecular formula is C20H30N2O3. The molecule has 0 aliphatic heterocycles. The number of aliphatic hydroxyl groups is 3. The van der Waals surface area contributed by atoms with Crippen LogP contribution in [-0.2, 0) is 0 Å². The highest BCUT2D eigenvalue weighted by Crippen LogP contribution is 2.14. The van der Waals surface area contributed by atoms with Crippen LogP contribution in [0.5, 0.6) is 0 Å². The van der Waals surface area contributed by atoms with Crippen LogP contribution in [0, 0.1) is 13.8 Å². The van der Waals surface area contributed by atoms with Crippen molar-refractivity contribution >= 4 is 11.4 Å². The summed E-state index contributed by atoms with van der Waals surface area (Å²) >= 11 is 0. The van der Waals surface area contributed by atoms with Crippen LogP contribution >= 0.6 is 0 Å². The summed E-state index contributed by atoms with van der Waals surface area (Å²) in [6.07, 6.45) is 0. The van der Waals surface area contributed by atoms with Crippen molar-refractivity contribution in [2.24, 2.45) is 0 Å². The molecule has 0 unspecified atom stereocenters. The number of hydrogen-bond acceptors (Lipinski definition) is 5. The number of nitrogens with zero attached hydrogens (tertiary/aromatic N) is 1. The molecule has 138 valence electrons. The minimum atomic E-state index is 0.105. The third-order valence-corrected chi connectivity index (χ3v) is 3.63. The molecule has 5 nitrogen and oxygen atoms in total. The molecule has 0 aliphatic rings. The minimum absolute atomic E-state index is 0.105. The van der Waals surface area contributed by atoms with E-state index in [1.54, 1.807) is 0 Å². The van der Waals surface area contributed by atoms with Crippen molar-refractivity contribution in [1.29, 1.82) is 0 Å². The van der Waals surface area contributed by atoms with Gasteiger partial charge >= 0.3 is 0 Å². The average molecular weight is 346 g/mol. The van der Waals surface area contributed by atoms with Crippen LogP contribution in [0.1, 0.15) is 11.1 Å². The molecule has 25 heavy (non-hydrogen) atoms. The topological polar surface area (TPSA) is 76.0 Å². The molecule has 0 saturated carbocycles. The van der Waals surface area contributed by atoms with Crippen molar-refractivity contribution in [3.63, 3.8) is 0 Å². The zero-order chi connectivity index (χ0) is 18.5. The highest BCUT2D eigenvalue weighted by molar-refractivity contribution is 5.47. The lowest BCUT2D eigenvalue weighted by Crippen LogP contribution is -2.29. The van der Waals surface area contributed by atoms with Gasteiger partial charge in [-0.3, -0.25) is 0 Å². The molecule has 0 aliphatic carbocycles. The number of benzene rings is 2. The average Bonchev–Trinajstić information content (AvgIpc) is 2.62. The molecule has 0 atom stereocenters. The SMILES string of the molecule is Cc1ccc(N(CCO)CCO)cc1.Cc1ccc(NCCO)cc1. The van der Waals surface area contributed by atoms with E-state index in [-0.39, 0.29) is 19.8 Å². The first kappa shape index (κ1) is 21.0. The fourth-order valence-electron chi connectivity index (χ4n) is 2.24. The Labute approximate surface area is 150 Å². The Kier molecular flexibility index (Phi) is 10.3. The lowest BCUT2D eigenvalue weighted by atomic mass is 10.2. The van der Waals surface area contributed by atoms with E-state index in [9.17, 15) is 0 Å². The molecule has 0 aromatic heterocycles. The van der Waals surface area contributed by atoms with Crippen LogP contribution in [0.15, 0.2) is 48.5 Å². The van der Waals surface area contributed by atoms with Crippen LogP contribution in [0.4, 0.5) is 11.4 Å². The first-order valence-corrected chi connectivity index (χ1v) is 8.55. The predicted octanol–water partition coefficient (Wildman–Crippen LogP) is 2.19. The maximum Gasteiger partial charge on any atom is 0.0606 e. The molecule has 2 aromatic rings. The summed E-state index contributed by atoms with van der Waals surface area (Å²) in [5, 5.41) is 29.3. The standard InChI is InChI=1S/C11H17NO2.C9H13NO/c1-10-2-4-11(5-3-10)12(6-8-13)7-9-14;1-8-2-4-9(5-3-8)10-6-7-11/h2-5,13-14H,6-9H2,1H3;2-5,10-11H,6-7H2,1H3. The Bertz CT molecular complexity index is 565. The van der Waals surface area contributed by atoms with Crippen molar-refractivity contribution < 1.29 is 15.3 Å². The van der Waals surface area contributed by atoms with E-state index in [1.807, 2.05) is 60.4 Å². The zero-order valence-electron chi connectivity index (χ0n) is 15.2. The third-order valence-electron chi connectivity index (χ3n) is 3.63. The molecule has 4 N–H and O–H groups in total. The summed E-state index contributed by atoms with van der Waals surface area (Å²) in [6.45, 7) is 6.20. The second kappa shape index (κ2) is 12.3. The third kappa shape index (κ3) is 8.54. The maximum absolute atomic E-state index is 8.86. The quantitative estimate of drug-likeness (QED) is 0.589. The van der Waals surface area contributed by atoms with Crippen molar-refractivity contribution in [1.82, 2.24) is 0 Å². The highest BCUT2D eigenvalue weighted by Gasteiger charge is 2.03. The smallest absolute Gasteiger partial charge is 0.0606 e. The largest absolute Gasteiger partial charge is 0.395 e. The van der Waals surface area contributed by atoms with E-state index in [0.717, 1.165) is 11.4 Å². The number of nitrogens with one attached hydrogen (secondary N) is 1. The molecule has 0 fully saturated rings. The van der Waals surface area contributed by atoms with Crippen LogP contribution in [0.2, 0.25) is 0 Å². The first-order chi connectivity index (χ1) is 12.1.